The molecule has 5 rings (SSSR count). The topological polar surface area (TPSA) is 35.6 Å². The molecule has 1 unspecified atom stereocenters. The summed E-state index contributed by atoms with van der Waals surface area (Å²) in [7, 11) is 0. The zero-order chi connectivity index (χ0) is 17.5. The van der Waals surface area contributed by atoms with Crippen molar-refractivity contribution in [2.45, 2.75) is 12.6 Å². The Morgan fingerprint density at radius 2 is 2.04 bits per heavy atom. The number of benzene rings is 1. The van der Waals surface area contributed by atoms with Crippen LogP contribution in [0.4, 0.5) is 0 Å². The molecule has 2 aliphatic rings. The Bertz CT molecular complexity index is 947. The van der Waals surface area contributed by atoms with Crippen LogP contribution in [0.3, 0.4) is 0 Å². The quantitative estimate of drug-likeness (QED) is 0.754. The number of nitrogens with zero attached hydrogens (tertiary/aromatic N) is 2. The van der Waals surface area contributed by atoms with Crippen molar-refractivity contribution in [1.29, 1.82) is 0 Å². The fourth-order valence-electron chi connectivity index (χ4n) is 3.97. The zero-order valence-electron chi connectivity index (χ0n) is 14.5. The van der Waals surface area contributed by atoms with E-state index in [0.29, 0.717) is 0 Å². The first kappa shape index (κ1) is 16.4. The van der Waals surface area contributed by atoms with Crippen molar-refractivity contribution < 1.29 is 4.79 Å². The highest BCUT2D eigenvalue weighted by Crippen LogP contribution is 2.37. The van der Waals surface area contributed by atoms with E-state index in [1.165, 1.54) is 25.4 Å². The van der Waals surface area contributed by atoms with E-state index in [-0.39, 0.29) is 11.9 Å². The van der Waals surface area contributed by atoms with Crippen molar-refractivity contribution in [2.75, 3.05) is 32.7 Å². The molecule has 26 heavy (non-hydrogen) atoms. The molecule has 134 valence electrons. The van der Waals surface area contributed by atoms with Crippen LogP contribution >= 0.6 is 22.7 Å². The van der Waals surface area contributed by atoms with Gasteiger partial charge in [-0.25, -0.2) is 0 Å². The minimum absolute atomic E-state index is 0.0257. The van der Waals surface area contributed by atoms with Gasteiger partial charge in [0.15, 0.2) is 0 Å². The second-order valence-corrected chi connectivity index (χ2v) is 9.07. The van der Waals surface area contributed by atoms with Crippen molar-refractivity contribution in [3.63, 3.8) is 0 Å². The van der Waals surface area contributed by atoms with Gasteiger partial charge in [0.25, 0.3) is 0 Å². The Kier molecular flexibility index (Phi) is 4.29. The summed E-state index contributed by atoms with van der Waals surface area (Å²) >= 11 is 3.69. The molecule has 0 saturated carbocycles. The largest absolute Gasteiger partial charge is 0.353 e. The molecule has 2 saturated heterocycles. The molecule has 1 atom stereocenters. The van der Waals surface area contributed by atoms with Gasteiger partial charge in [0.05, 0.1) is 0 Å². The molecular weight excluding hydrogens is 362 g/mol. The van der Waals surface area contributed by atoms with E-state index in [1.54, 1.807) is 0 Å². The Morgan fingerprint density at radius 1 is 1.12 bits per heavy atom. The fraction of sp³-hybridized carbons (Fsp3) is 0.350. The number of carbonyl (C=O) groups is 1. The van der Waals surface area contributed by atoms with E-state index in [0.717, 1.165) is 39.3 Å². The number of carbonyl (C=O) groups excluding carboxylic acids is 1. The first-order chi connectivity index (χ1) is 12.8. The standard InChI is InChI=1S/C20H21N3OS2/c24-20-17-12-22(9-10-23(17)8-7-21-20)11-14-5-6-19(26-14)16-13-25-18-4-2-1-3-15(16)18/h1-6,13,17H,7-12H2,(H,21,24). The molecule has 0 radical (unpaired) electrons. The summed E-state index contributed by atoms with van der Waals surface area (Å²) in [5, 5.41) is 6.62. The summed E-state index contributed by atoms with van der Waals surface area (Å²) in [6.45, 7) is 5.57. The summed E-state index contributed by atoms with van der Waals surface area (Å²) in [5.41, 5.74) is 1.35. The lowest BCUT2D eigenvalue weighted by Crippen LogP contribution is -2.63. The predicted octanol–water partition coefficient (Wildman–Crippen LogP) is 3.25. The number of rotatable bonds is 3. The Morgan fingerprint density at radius 3 is 3.00 bits per heavy atom. The number of fused-ring (bicyclic) bond motifs is 2. The predicted molar refractivity (Wildman–Crippen MR) is 109 cm³/mol. The Labute approximate surface area is 161 Å². The van der Waals surface area contributed by atoms with Gasteiger partial charge < -0.3 is 5.32 Å². The molecule has 2 aromatic heterocycles. The van der Waals surface area contributed by atoms with Crippen LogP contribution in [0.5, 0.6) is 0 Å². The van der Waals surface area contributed by atoms with Gasteiger partial charge in [-0.3, -0.25) is 14.6 Å². The maximum atomic E-state index is 12.1. The number of hydrogen-bond acceptors (Lipinski definition) is 5. The fourth-order valence-corrected chi connectivity index (χ4v) is 6.09. The number of nitrogens with one attached hydrogen (secondary N) is 1. The van der Waals surface area contributed by atoms with E-state index in [2.05, 4.69) is 56.9 Å². The van der Waals surface area contributed by atoms with E-state index in [9.17, 15) is 4.79 Å². The summed E-state index contributed by atoms with van der Waals surface area (Å²) in [5.74, 6) is 0.192. The molecule has 1 amide bonds. The monoisotopic (exact) mass is 383 g/mol. The van der Waals surface area contributed by atoms with Crippen LogP contribution in [0.1, 0.15) is 4.88 Å². The van der Waals surface area contributed by atoms with Crippen molar-refractivity contribution in [1.82, 2.24) is 15.1 Å². The van der Waals surface area contributed by atoms with Crippen molar-refractivity contribution in [2.24, 2.45) is 0 Å². The number of amides is 1. The number of thiophene rings is 2. The molecule has 0 bridgehead atoms. The highest BCUT2D eigenvalue weighted by molar-refractivity contribution is 7.19. The van der Waals surface area contributed by atoms with Crippen LogP contribution < -0.4 is 5.32 Å². The third kappa shape index (κ3) is 2.97. The van der Waals surface area contributed by atoms with Crippen LogP contribution in [0.25, 0.3) is 20.5 Å². The molecule has 2 fully saturated rings. The summed E-state index contributed by atoms with van der Waals surface area (Å²) in [6, 6.07) is 13.1. The van der Waals surface area contributed by atoms with Gasteiger partial charge >= 0.3 is 0 Å². The Balaban J connectivity index is 1.32. The minimum atomic E-state index is 0.0257. The van der Waals surface area contributed by atoms with Gasteiger partial charge in [0, 0.05) is 70.1 Å². The first-order valence-corrected chi connectivity index (χ1v) is 10.8. The maximum Gasteiger partial charge on any atom is 0.238 e. The van der Waals surface area contributed by atoms with Gasteiger partial charge in [-0.1, -0.05) is 18.2 Å². The summed E-state index contributed by atoms with van der Waals surface area (Å²) in [6.07, 6.45) is 0. The summed E-state index contributed by atoms with van der Waals surface area (Å²) in [4.78, 5) is 19.6. The van der Waals surface area contributed by atoms with Gasteiger partial charge in [0.2, 0.25) is 5.91 Å². The molecule has 1 aromatic carbocycles. The first-order valence-electron chi connectivity index (χ1n) is 9.07. The van der Waals surface area contributed by atoms with Gasteiger partial charge in [-0.15, -0.1) is 22.7 Å². The van der Waals surface area contributed by atoms with Gasteiger partial charge in [-0.05, 0) is 18.2 Å². The second-order valence-electron chi connectivity index (χ2n) is 6.99. The van der Waals surface area contributed by atoms with Gasteiger partial charge in [-0.2, -0.15) is 0 Å². The van der Waals surface area contributed by atoms with Crippen LogP contribution in [0.15, 0.2) is 41.8 Å². The van der Waals surface area contributed by atoms with Crippen LogP contribution in [0, 0.1) is 0 Å². The Hall–Kier alpha value is -1.73. The second kappa shape index (κ2) is 6.78. The van der Waals surface area contributed by atoms with Crippen molar-refractivity contribution in [3.05, 3.63) is 46.7 Å². The van der Waals surface area contributed by atoms with Gasteiger partial charge in [0.1, 0.15) is 6.04 Å². The van der Waals surface area contributed by atoms with Crippen molar-refractivity contribution in [3.8, 4) is 10.4 Å². The molecule has 3 aromatic rings. The molecule has 1 N–H and O–H groups in total. The highest BCUT2D eigenvalue weighted by Gasteiger charge is 2.34. The molecule has 4 nitrogen and oxygen atoms in total. The zero-order valence-corrected chi connectivity index (χ0v) is 16.1. The third-order valence-corrected chi connectivity index (χ3v) is 7.43. The normalized spacial score (nSPS) is 21.7. The summed E-state index contributed by atoms with van der Waals surface area (Å²) < 4.78 is 1.34. The molecule has 0 aliphatic carbocycles. The average Bonchev–Trinajstić information content (AvgIpc) is 3.29. The van der Waals surface area contributed by atoms with E-state index >= 15 is 0 Å². The molecular formula is C20H21N3OS2. The SMILES string of the molecule is O=C1NCCN2CCN(Cc3ccc(-c4csc5ccccc45)s3)CC12. The smallest absolute Gasteiger partial charge is 0.238 e. The lowest BCUT2D eigenvalue weighted by atomic mass is 10.1. The lowest BCUT2D eigenvalue weighted by Gasteiger charge is -2.42. The number of hydrogen-bond donors (Lipinski definition) is 1. The average molecular weight is 384 g/mol. The molecule has 2 aliphatic heterocycles. The van der Waals surface area contributed by atoms with Crippen LogP contribution in [0.2, 0.25) is 0 Å². The van der Waals surface area contributed by atoms with Crippen LogP contribution in [-0.4, -0.2) is 54.5 Å². The van der Waals surface area contributed by atoms with Crippen molar-refractivity contribution >= 4 is 38.7 Å². The molecule has 0 spiro atoms. The van der Waals surface area contributed by atoms with E-state index in [1.807, 2.05) is 22.7 Å². The molecule has 6 heteroatoms. The number of piperazine rings is 2. The van der Waals surface area contributed by atoms with Crippen LogP contribution in [-0.2, 0) is 11.3 Å². The lowest BCUT2D eigenvalue weighted by molar-refractivity contribution is -0.131. The maximum absolute atomic E-state index is 12.1. The third-order valence-electron chi connectivity index (χ3n) is 5.36. The highest BCUT2D eigenvalue weighted by atomic mass is 32.1. The molecule has 4 heterocycles. The van der Waals surface area contributed by atoms with E-state index in [4.69, 9.17) is 0 Å². The minimum Gasteiger partial charge on any atom is -0.353 e. The van der Waals surface area contributed by atoms with E-state index < -0.39 is 0 Å².